The Morgan fingerprint density at radius 1 is 1.53 bits per heavy atom. The summed E-state index contributed by atoms with van der Waals surface area (Å²) >= 11 is 0. The van der Waals surface area contributed by atoms with Gasteiger partial charge in [-0.1, -0.05) is 0 Å². The second-order valence-electron chi connectivity index (χ2n) is 3.68. The van der Waals surface area contributed by atoms with Crippen LogP contribution in [-0.4, -0.2) is 46.5 Å². The number of hydrogen-bond donors (Lipinski definition) is 2. The van der Waals surface area contributed by atoms with Crippen molar-refractivity contribution in [3.63, 3.8) is 0 Å². The molecule has 1 atom stereocenters. The summed E-state index contributed by atoms with van der Waals surface area (Å²) in [6.45, 7) is 4.39. The maximum Gasteiger partial charge on any atom is 0.214 e. The van der Waals surface area contributed by atoms with Gasteiger partial charge in [0.05, 0.1) is 12.4 Å². The third kappa shape index (κ3) is 5.46. The van der Waals surface area contributed by atoms with Crippen molar-refractivity contribution in [2.75, 3.05) is 32.1 Å². The van der Waals surface area contributed by atoms with E-state index in [0.717, 1.165) is 25.9 Å². The van der Waals surface area contributed by atoms with Crippen LogP contribution in [0.25, 0.3) is 0 Å². The smallest absolute Gasteiger partial charge is 0.214 e. The molecule has 6 heteroatoms. The summed E-state index contributed by atoms with van der Waals surface area (Å²) in [6, 6.07) is 0.0466. The average Bonchev–Trinajstić information content (AvgIpc) is 2.18. The predicted molar refractivity (Wildman–Crippen MR) is 59.3 cm³/mol. The second-order valence-corrected chi connectivity index (χ2v) is 5.55. The van der Waals surface area contributed by atoms with Crippen LogP contribution in [0.4, 0.5) is 0 Å². The van der Waals surface area contributed by atoms with Gasteiger partial charge >= 0.3 is 0 Å². The Kier molecular flexibility index (Phi) is 5.52. The highest BCUT2D eigenvalue weighted by molar-refractivity contribution is 7.89. The lowest BCUT2D eigenvalue weighted by molar-refractivity contribution is 0.163. The van der Waals surface area contributed by atoms with Crippen LogP contribution >= 0.6 is 0 Å². The van der Waals surface area contributed by atoms with Crippen LogP contribution in [0.15, 0.2) is 0 Å². The first-order valence-corrected chi connectivity index (χ1v) is 7.08. The van der Waals surface area contributed by atoms with E-state index in [1.807, 2.05) is 6.92 Å². The van der Waals surface area contributed by atoms with Crippen LogP contribution in [0.5, 0.6) is 0 Å². The van der Waals surface area contributed by atoms with Crippen LogP contribution in [0, 0.1) is 0 Å². The lowest BCUT2D eigenvalue weighted by Gasteiger charge is -2.23. The van der Waals surface area contributed by atoms with Gasteiger partial charge < -0.3 is 10.1 Å². The van der Waals surface area contributed by atoms with Gasteiger partial charge in [0.25, 0.3) is 0 Å². The van der Waals surface area contributed by atoms with Crippen LogP contribution < -0.4 is 10.0 Å². The minimum absolute atomic E-state index is 0.0466. The van der Waals surface area contributed by atoms with E-state index in [0.29, 0.717) is 6.61 Å². The summed E-state index contributed by atoms with van der Waals surface area (Å²) < 4.78 is 30.8. The van der Waals surface area contributed by atoms with Crippen molar-refractivity contribution in [2.24, 2.45) is 0 Å². The molecule has 1 fully saturated rings. The molecular weight excluding hydrogens is 216 g/mol. The van der Waals surface area contributed by atoms with Crippen molar-refractivity contribution in [2.45, 2.75) is 25.8 Å². The van der Waals surface area contributed by atoms with Gasteiger partial charge in [-0.3, -0.25) is 0 Å². The fraction of sp³-hybridized carbons (Fsp3) is 1.00. The van der Waals surface area contributed by atoms with Gasteiger partial charge in [-0.05, 0) is 26.3 Å². The Bertz CT molecular complexity index is 261. The van der Waals surface area contributed by atoms with Gasteiger partial charge in [0.1, 0.15) is 0 Å². The van der Waals surface area contributed by atoms with Gasteiger partial charge in [0, 0.05) is 19.2 Å². The van der Waals surface area contributed by atoms with Crippen molar-refractivity contribution in [3.05, 3.63) is 0 Å². The molecule has 0 unspecified atom stereocenters. The van der Waals surface area contributed by atoms with Crippen LogP contribution in [0.1, 0.15) is 19.8 Å². The number of sulfonamides is 1. The van der Waals surface area contributed by atoms with Crippen molar-refractivity contribution in [3.8, 4) is 0 Å². The molecule has 1 saturated heterocycles. The lowest BCUT2D eigenvalue weighted by atomic mass is 10.1. The summed E-state index contributed by atoms with van der Waals surface area (Å²) in [4.78, 5) is 0. The van der Waals surface area contributed by atoms with E-state index >= 15 is 0 Å². The monoisotopic (exact) mass is 236 g/mol. The molecule has 0 amide bonds. The molecule has 0 aromatic rings. The Balaban J connectivity index is 2.27. The van der Waals surface area contributed by atoms with Crippen molar-refractivity contribution < 1.29 is 13.2 Å². The standard InChI is InChI=1S/C9H20N2O3S/c1-2-14-6-7-15(12,13)11-9-4-3-5-10-8-9/h9-11H,2-8H2,1H3/t9-/m0/s1. The third-order valence-corrected chi connectivity index (χ3v) is 3.74. The fourth-order valence-corrected chi connectivity index (χ4v) is 2.74. The molecule has 0 aliphatic carbocycles. The minimum Gasteiger partial charge on any atom is -0.381 e. The van der Waals surface area contributed by atoms with Crippen LogP contribution in [0.2, 0.25) is 0 Å². The zero-order valence-corrected chi connectivity index (χ0v) is 9.98. The van der Waals surface area contributed by atoms with E-state index in [-0.39, 0.29) is 18.4 Å². The number of hydrogen-bond acceptors (Lipinski definition) is 4. The normalized spacial score (nSPS) is 22.9. The molecule has 1 rings (SSSR count). The van der Waals surface area contributed by atoms with Crippen molar-refractivity contribution in [1.29, 1.82) is 0 Å². The first-order valence-electron chi connectivity index (χ1n) is 5.42. The van der Waals surface area contributed by atoms with E-state index in [1.165, 1.54) is 0 Å². The molecular formula is C9H20N2O3S. The Morgan fingerprint density at radius 3 is 2.93 bits per heavy atom. The highest BCUT2D eigenvalue weighted by Gasteiger charge is 2.19. The molecule has 0 bridgehead atoms. The molecule has 0 radical (unpaired) electrons. The van der Waals surface area contributed by atoms with Crippen molar-refractivity contribution in [1.82, 2.24) is 10.0 Å². The number of nitrogens with one attached hydrogen (secondary N) is 2. The summed E-state index contributed by atoms with van der Waals surface area (Å²) in [5, 5.41) is 3.17. The van der Waals surface area contributed by atoms with Gasteiger partial charge in [-0.2, -0.15) is 0 Å². The quantitative estimate of drug-likeness (QED) is 0.621. The summed E-state index contributed by atoms with van der Waals surface area (Å²) in [5.74, 6) is 0.0529. The van der Waals surface area contributed by atoms with E-state index in [9.17, 15) is 8.42 Å². The average molecular weight is 236 g/mol. The lowest BCUT2D eigenvalue weighted by Crippen LogP contribution is -2.46. The topological polar surface area (TPSA) is 67.4 Å². The maximum atomic E-state index is 11.6. The van der Waals surface area contributed by atoms with E-state index in [4.69, 9.17) is 4.74 Å². The summed E-state index contributed by atoms with van der Waals surface area (Å²) in [6.07, 6.45) is 1.94. The molecule has 0 aromatic carbocycles. The summed E-state index contributed by atoms with van der Waals surface area (Å²) in [5.41, 5.74) is 0. The Labute approximate surface area is 91.6 Å². The molecule has 1 aliphatic heterocycles. The SMILES string of the molecule is CCOCCS(=O)(=O)N[C@H]1CCCNC1. The second kappa shape index (κ2) is 6.42. The minimum atomic E-state index is -3.17. The molecule has 15 heavy (non-hydrogen) atoms. The Hall–Kier alpha value is -0.170. The molecule has 2 N–H and O–H groups in total. The van der Waals surface area contributed by atoms with Gasteiger partial charge in [-0.15, -0.1) is 0 Å². The largest absolute Gasteiger partial charge is 0.381 e. The number of ether oxygens (including phenoxy) is 1. The van der Waals surface area contributed by atoms with E-state index in [2.05, 4.69) is 10.0 Å². The highest BCUT2D eigenvalue weighted by atomic mass is 32.2. The molecule has 0 spiro atoms. The Morgan fingerprint density at radius 2 is 2.33 bits per heavy atom. The zero-order valence-electron chi connectivity index (χ0n) is 9.16. The molecule has 0 aromatic heterocycles. The van der Waals surface area contributed by atoms with E-state index in [1.54, 1.807) is 0 Å². The van der Waals surface area contributed by atoms with Gasteiger partial charge in [0.2, 0.25) is 10.0 Å². The first-order chi connectivity index (χ1) is 7.14. The first kappa shape index (κ1) is 12.9. The highest BCUT2D eigenvalue weighted by Crippen LogP contribution is 2.02. The molecule has 1 aliphatic rings. The van der Waals surface area contributed by atoms with Gasteiger partial charge in [-0.25, -0.2) is 13.1 Å². The van der Waals surface area contributed by atoms with Gasteiger partial charge in [0.15, 0.2) is 0 Å². The van der Waals surface area contributed by atoms with Crippen LogP contribution in [0.3, 0.4) is 0 Å². The molecule has 0 saturated carbocycles. The predicted octanol–water partition coefficient (Wildman–Crippen LogP) is -0.306. The van der Waals surface area contributed by atoms with E-state index < -0.39 is 10.0 Å². The molecule has 90 valence electrons. The number of piperidine rings is 1. The third-order valence-electron chi connectivity index (χ3n) is 2.34. The fourth-order valence-electron chi connectivity index (χ4n) is 1.58. The maximum absolute atomic E-state index is 11.6. The molecule has 5 nitrogen and oxygen atoms in total. The molecule has 1 heterocycles. The summed E-state index contributed by atoms with van der Waals surface area (Å²) in [7, 11) is -3.17. The van der Waals surface area contributed by atoms with Crippen molar-refractivity contribution >= 4 is 10.0 Å². The number of rotatable bonds is 6. The van der Waals surface area contributed by atoms with Crippen LogP contribution in [-0.2, 0) is 14.8 Å². The zero-order chi connectivity index (χ0) is 11.1.